The van der Waals surface area contributed by atoms with Crippen molar-refractivity contribution in [3.05, 3.63) is 24.0 Å². The highest BCUT2D eigenvalue weighted by atomic mass is 16.5. The first-order chi connectivity index (χ1) is 8.25. The minimum atomic E-state index is 0.400. The molecule has 1 aromatic rings. The lowest BCUT2D eigenvalue weighted by Gasteiger charge is -2.14. The first-order valence-corrected chi connectivity index (χ1v) is 6.28. The van der Waals surface area contributed by atoms with E-state index in [-0.39, 0.29) is 0 Å². The number of nitrogens with two attached hydrogens (primary N) is 1. The summed E-state index contributed by atoms with van der Waals surface area (Å²) in [4.78, 5) is 4.27. The van der Waals surface area contributed by atoms with Gasteiger partial charge in [0, 0.05) is 31.8 Å². The fraction of sp³-hybridized carbons (Fsp3) is 0.615. The van der Waals surface area contributed by atoms with Gasteiger partial charge in [-0.1, -0.05) is 0 Å². The fourth-order valence-corrected chi connectivity index (χ4v) is 2.13. The molecule has 0 radical (unpaired) electrons. The number of nitrogens with zero attached hydrogens (tertiary/aromatic N) is 1. The fourth-order valence-electron chi connectivity index (χ4n) is 2.13. The van der Waals surface area contributed by atoms with Gasteiger partial charge in [-0.05, 0) is 31.4 Å². The summed E-state index contributed by atoms with van der Waals surface area (Å²) in [6.07, 6.45) is 4.23. The van der Waals surface area contributed by atoms with Crippen molar-refractivity contribution < 1.29 is 4.74 Å². The Bertz CT molecular complexity index is 339. The summed E-state index contributed by atoms with van der Waals surface area (Å²) < 4.78 is 5.53. The lowest BCUT2D eigenvalue weighted by molar-refractivity contribution is 0.105. The zero-order valence-electron chi connectivity index (χ0n) is 10.4. The average molecular weight is 235 g/mol. The summed E-state index contributed by atoms with van der Waals surface area (Å²) in [5, 5.41) is 3.47. The smallest absolute Gasteiger partial charge is 0.0588 e. The van der Waals surface area contributed by atoms with Gasteiger partial charge in [-0.3, -0.25) is 4.98 Å². The predicted molar refractivity (Wildman–Crippen MR) is 68.7 cm³/mol. The van der Waals surface area contributed by atoms with Crippen molar-refractivity contribution in [3.8, 4) is 0 Å². The molecular weight excluding hydrogens is 214 g/mol. The first kappa shape index (κ1) is 12.3. The Kier molecular flexibility index (Phi) is 4.34. The maximum Gasteiger partial charge on any atom is 0.0588 e. The summed E-state index contributed by atoms with van der Waals surface area (Å²) in [7, 11) is 0. The molecule has 2 heterocycles. The monoisotopic (exact) mass is 235 g/mol. The first-order valence-electron chi connectivity index (χ1n) is 6.28. The minimum absolute atomic E-state index is 0.400. The van der Waals surface area contributed by atoms with Crippen LogP contribution in [0.25, 0.3) is 0 Å². The quantitative estimate of drug-likeness (QED) is 0.753. The lowest BCUT2D eigenvalue weighted by atomic mass is 10.0. The van der Waals surface area contributed by atoms with E-state index in [1.54, 1.807) is 6.20 Å². The highest BCUT2D eigenvalue weighted by Gasteiger charge is 2.23. The zero-order chi connectivity index (χ0) is 12.1. The molecule has 3 N–H and O–H groups in total. The average Bonchev–Trinajstić information content (AvgIpc) is 2.73. The maximum absolute atomic E-state index is 5.59. The number of anilines is 1. The van der Waals surface area contributed by atoms with Gasteiger partial charge in [-0.2, -0.15) is 0 Å². The molecule has 1 aliphatic rings. The van der Waals surface area contributed by atoms with E-state index < -0.39 is 0 Å². The Hall–Kier alpha value is -1.13. The molecule has 0 amide bonds. The van der Waals surface area contributed by atoms with Crippen molar-refractivity contribution in [2.75, 3.05) is 25.4 Å². The van der Waals surface area contributed by atoms with E-state index in [4.69, 9.17) is 10.5 Å². The Morgan fingerprint density at radius 3 is 3.06 bits per heavy atom. The molecule has 4 heteroatoms. The highest BCUT2D eigenvalue weighted by molar-refractivity contribution is 5.34. The largest absolute Gasteiger partial charge is 0.397 e. The number of rotatable bonds is 5. The van der Waals surface area contributed by atoms with E-state index >= 15 is 0 Å². The molecule has 0 aromatic carbocycles. The second-order valence-corrected chi connectivity index (χ2v) is 4.66. The van der Waals surface area contributed by atoms with Crippen molar-refractivity contribution >= 4 is 5.69 Å². The van der Waals surface area contributed by atoms with Crippen molar-refractivity contribution in [3.63, 3.8) is 0 Å². The van der Waals surface area contributed by atoms with Crippen molar-refractivity contribution in [1.82, 2.24) is 10.3 Å². The van der Waals surface area contributed by atoms with Crippen LogP contribution in [0.3, 0.4) is 0 Å². The molecule has 2 rings (SSSR count). The van der Waals surface area contributed by atoms with Gasteiger partial charge in [0.25, 0.3) is 0 Å². The molecule has 2 unspecified atom stereocenters. The van der Waals surface area contributed by atoms with Crippen molar-refractivity contribution in [1.29, 1.82) is 0 Å². The van der Waals surface area contributed by atoms with E-state index in [1.807, 2.05) is 12.1 Å². The van der Waals surface area contributed by atoms with E-state index in [0.29, 0.717) is 12.0 Å². The van der Waals surface area contributed by atoms with Crippen LogP contribution in [0.4, 0.5) is 5.69 Å². The molecule has 4 nitrogen and oxygen atoms in total. The Balaban J connectivity index is 1.64. The predicted octanol–water partition coefficient (Wildman–Crippen LogP) is 1.22. The van der Waals surface area contributed by atoms with Crippen LogP contribution >= 0.6 is 0 Å². The number of pyridine rings is 1. The summed E-state index contributed by atoms with van der Waals surface area (Å²) in [5.41, 5.74) is 7.39. The Morgan fingerprint density at radius 2 is 2.41 bits per heavy atom. The van der Waals surface area contributed by atoms with E-state index in [9.17, 15) is 0 Å². The SMILES string of the molecule is CC1OCCC1CNCCc1ccc(N)cn1. The molecule has 0 spiro atoms. The Morgan fingerprint density at radius 1 is 1.53 bits per heavy atom. The number of hydrogen-bond acceptors (Lipinski definition) is 4. The third-order valence-corrected chi connectivity index (χ3v) is 3.35. The molecule has 1 aromatic heterocycles. The molecule has 0 bridgehead atoms. The van der Waals surface area contributed by atoms with Crippen LogP contribution in [-0.4, -0.2) is 30.8 Å². The normalized spacial score (nSPS) is 24.1. The van der Waals surface area contributed by atoms with Gasteiger partial charge in [-0.25, -0.2) is 0 Å². The molecule has 2 atom stereocenters. The molecule has 1 fully saturated rings. The molecule has 0 aliphatic carbocycles. The highest BCUT2D eigenvalue weighted by Crippen LogP contribution is 2.19. The minimum Gasteiger partial charge on any atom is -0.397 e. The second kappa shape index (κ2) is 5.98. The molecule has 0 saturated carbocycles. The van der Waals surface area contributed by atoms with Crippen LogP contribution in [-0.2, 0) is 11.2 Å². The van der Waals surface area contributed by atoms with E-state index in [2.05, 4.69) is 17.2 Å². The lowest BCUT2D eigenvalue weighted by Crippen LogP contribution is -2.28. The topological polar surface area (TPSA) is 60.2 Å². The van der Waals surface area contributed by atoms with Crippen molar-refractivity contribution in [2.24, 2.45) is 5.92 Å². The van der Waals surface area contributed by atoms with Gasteiger partial charge in [0.2, 0.25) is 0 Å². The molecule has 94 valence electrons. The van der Waals surface area contributed by atoms with Gasteiger partial charge in [0.05, 0.1) is 18.0 Å². The van der Waals surface area contributed by atoms with Crippen LogP contribution in [0.1, 0.15) is 19.0 Å². The third-order valence-electron chi connectivity index (χ3n) is 3.35. The van der Waals surface area contributed by atoms with Gasteiger partial charge >= 0.3 is 0 Å². The van der Waals surface area contributed by atoms with Crippen LogP contribution in [0.2, 0.25) is 0 Å². The van der Waals surface area contributed by atoms with Crippen LogP contribution in [0.15, 0.2) is 18.3 Å². The number of hydrogen-bond donors (Lipinski definition) is 2. The molecule has 1 aliphatic heterocycles. The van der Waals surface area contributed by atoms with Crippen LogP contribution in [0, 0.1) is 5.92 Å². The van der Waals surface area contributed by atoms with Gasteiger partial charge < -0.3 is 15.8 Å². The number of ether oxygens (including phenoxy) is 1. The standard InChI is InChI=1S/C13H21N3O/c1-10-11(5-7-17-10)8-15-6-4-13-3-2-12(14)9-16-13/h2-3,9-11,15H,4-8,14H2,1H3. The van der Waals surface area contributed by atoms with Crippen molar-refractivity contribution in [2.45, 2.75) is 25.9 Å². The van der Waals surface area contributed by atoms with Crippen LogP contribution in [0.5, 0.6) is 0 Å². The number of nitrogens with one attached hydrogen (secondary N) is 1. The third kappa shape index (κ3) is 3.68. The van der Waals surface area contributed by atoms with Gasteiger partial charge in [-0.15, -0.1) is 0 Å². The molecule has 17 heavy (non-hydrogen) atoms. The zero-order valence-corrected chi connectivity index (χ0v) is 10.4. The van der Waals surface area contributed by atoms with E-state index in [1.165, 1.54) is 6.42 Å². The maximum atomic E-state index is 5.59. The summed E-state index contributed by atoms with van der Waals surface area (Å²) in [5.74, 6) is 0.661. The summed E-state index contributed by atoms with van der Waals surface area (Å²) in [6.45, 7) is 5.06. The van der Waals surface area contributed by atoms with Gasteiger partial charge in [0.15, 0.2) is 0 Å². The van der Waals surface area contributed by atoms with Crippen LogP contribution < -0.4 is 11.1 Å². The Labute approximate surface area is 103 Å². The second-order valence-electron chi connectivity index (χ2n) is 4.66. The number of nitrogen functional groups attached to an aromatic ring is 1. The summed E-state index contributed by atoms with van der Waals surface area (Å²) >= 11 is 0. The summed E-state index contributed by atoms with van der Waals surface area (Å²) in [6, 6.07) is 3.88. The van der Waals surface area contributed by atoms with Gasteiger partial charge in [0.1, 0.15) is 0 Å². The molecule has 1 saturated heterocycles. The van der Waals surface area contributed by atoms with E-state index in [0.717, 1.165) is 37.5 Å². The molecular formula is C13H21N3O. The number of aromatic nitrogens is 1.